The van der Waals surface area contributed by atoms with Crippen LogP contribution in [-0.4, -0.2) is 72.0 Å². The molecular weight excluding hydrogens is 476 g/mol. The first-order valence-electron chi connectivity index (χ1n) is 13.5. The average molecular weight is 515 g/mol. The van der Waals surface area contributed by atoms with Gasteiger partial charge in [-0.15, -0.1) is 0 Å². The van der Waals surface area contributed by atoms with Crippen molar-refractivity contribution in [3.63, 3.8) is 0 Å². The van der Waals surface area contributed by atoms with Crippen LogP contribution in [0.5, 0.6) is 0 Å². The molecule has 0 atom stereocenters. The van der Waals surface area contributed by atoms with Crippen LogP contribution in [-0.2, 0) is 27.8 Å². The van der Waals surface area contributed by atoms with Gasteiger partial charge in [0.25, 0.3) is 5.91 Å². The van der Waals surface area contributed by atoms with Crippen molar-refractivity contribution in [2.45, 2.75) is 83.3 Å². The van der Waals surface area contributed by atoms with Gasteiger partial charge in [-0.2, -0.15) is 0 Å². The van der Waals surface area contributed by atoms with Gasteiger partial charge in [0, 0.05) is 68.3 Å². The molecule has 2 aliphatic carbocycles. The summed E-state index contributed by atoms with van der Waals surface area (Å²) in [5.41, 5.74) is 3.15. The molecule has 2 saturated carbocycles. The zero-order chi connectivity index (χ0) is 25.4. The van der Waals surface area contributed by atoms with E-state index in [1.54, 1.807) is 35.0 Å². The summed E-state index contributed by atoms with van der Waals surface area (Å²) in [6.07, 6.45) is 8.77. The maximum absolute atomic E-state index is 13.2. The van der Waals surface area contributed by atoms with Gasteiger partial charge in [0.1, 0.15) is 0 Å². The van der Waals surface area contributed by atoms with Crippen molar-refractivity contribution < 1.29 is 18.0 Å². The summed E-state index contributed by atoms with van der Waals surface area (Å²) in [5, 5.41) is 3.85. The Morgan fingerprint density at radius 2 is 1.89 bits per heavy atom. The van der Waals surface area contributed by atoms with E-state index in [0.29, 0.717) is 49.0 Å². The molecule has 36 heavy (non-hydrogen) atoms. The molecule has 196 valence electrons. The average Bonchev–Trinajstić information content (AvgIpc) is 3.39. The zero-order valence-corrected chi connectivity index (χ0v) is 22.3. The lowest BCUT2D eigenvalue weighted by molar-refractivity contribution is -0.121. The van der Waals surface area contributed by atoms with E-state index in [-0.39, 0.29) is 17.6 Å². The molecule has 1 aromatic heterocycles. The summed E-state index contributed by atoms with van der Waals surface area (Å²) in [4.78, 5) is 29.4. The summed E-state index contributed by atoms with van der Waals surface area (Å²) in [7, 11) is -1.71. The third-order valence-electron chi connectivity index (χ3n) is 8.05. The third-order valence-corrected chi connectivity index (χ3v) is 9.75. The van der Waals surface area contributed by atoms with Crippen LogP contribution in [0.15, 0.2) is 18.2 Å². The number of nitrogens with one attached hydrogen (secondary N) is 1. The highest BCUT2D eigenvalue weighted by Crippen LogP contribution is 2.36. The van der Waals surface area contributed by atoms with Crippen molar-refractivity contribution in [3.8, 4) is 0 Å². The molecule has 1 aromatic carbocycles. The Morgan fingerprint density at radius 1 is 1.14 bits per heavy atom. The number of amides is 2. The third kappa shape index (κ3) is 5.05. The summed E-state index contributed by atoms with van der Waals surface area (Å²) < 4.78 is 27.7. The molecule has 1 N–H and O–H groups in total. The topological polar surface area (TPSA) is 91.7 Å². The van der Waals surface area contributed by atoms with Crippen LogP contribution in [0.3, 0.4) is 0 Å². The lowest BCUT2D eigenvalue weighted by atomic mass is 10.0. The Hall–Kier alpha value is -2.39. The second kappa shape index (κ2) is 10.2. The molecular formula is C27H38N4O4S. The molecule has 2 aromatic rings. The molecule has 0 radical (unpaired) electrons. The molecule has 0 unspecified atom stereocenters. The van der Waals surface area contributed by atoms with E-state index < -0.39 is 10.0 Å². The fourth-order valence-electron chi connectivity index (χ4n) is 5.83. The van der Waals surface area contributed by atoms with E-state index in [1.807, 2.05) is 6.07 Å². The van der Waals surface area contributed by atoms with Gasteiger partial charge in [0.05, 0.1) is 11.3 Å². The van der Waals surface area contributed by atoms with Gasteiger partial charge in [-0.25, -0.2) is 12.4 Å². The molecule has 2 amide bonds. The van der Waals surface area contributed by atoms with Crippen molar-refractivity contribution in [1.29, 1.82) is 0 Å². The first-order chi connectivity index (χ1) is 17.3. The van der Waals surface area contributed by atoms with Crippen molar-refractivity contribution in [1.82, 2.24) is 19.1 Å². The van der Waals surface area contributed by atoms with E-state index in [2.05, 4.69) is 10.2 Å². The van der Waals surface area contributed by atoms with Crippen LogP contribution >= 0.6 is 0 Å². The van der Waals surface area contributed by atoms with Gasteiger partial charge in [-0.3, -0.25) is 14.5 Å². The van der Waals surface area contributed by atoms with Gasteiger partial charge in [-0.05, 0) is 62.8 Å². The fourth-order valence-corrected chi connectivity index (χ4v) is 7.08. The van der Waals surface area contributed by atoms with Crippen LogP contribution < -0.4 is 5.32 Å². The number of carbonyl (C=O) groups excluding carboxylic acids is 2. The number of nitrogens with zero attached hydrogens (tertiary/aromatic N) is 3. The minimum absolute atomic E-state index is 0.0350. The molecule has 9 heteroatoms. The van der Waals surface area contributed by atoms with Gasteiger partial charge >= 0.3 is 0 Å². The standard InChI is InChI=1S/C27H38N4O4S/c1-3-36(34,35)31-24-13-10-19(27(33)29(2)15-6-9-26(32)28-20-11-12-20)17-22(24)23-18-30(16-14-25(23)31)21-7-4-5-8-21/h10,13,17,20-21H,3-9,11-12,14-16,18H2,1-2H3,(H,28,32). The van der Waals surface area contributed by atoms with Gasteiger partial charge in [0.2, 0.25) is 15.9 Å². The first-order valence-corrected chi connectivity index (χ1v) is 15.1. The summed E-state index contributed by atoms with van der Waals surface area (Å²) >= 11 is 0. The predicted molar refractivity (Wildman–Crippen MR) is 141 cm³/mol. The highest BCUT2D eigenvalue weighted by atomic mass is 32.2. The van der Waals surface area contributed by atoms with E-state index in [0.717, 1.165) is 42.6 Å². The van der Waals surface area contributed by atoms with E-state index >= 15 is 0 Å². The largest absolute Gasteiger partial charge is 0.353 e. The highest BCUT2D eigenvalue weighted by Gasteiger charge is 2.32. The number of aromatic nitrogens is 1. The first kappa shape index (κ1) is 25.3. The van der Waals surface area contributed by atoms with Crippen molar-refractivity contribution in [2.75, 3.05) is 25.9 Å². The van der Waals surface area contributed by atoms with E-state index in [4.69, 9.17) is 0 Å². The van der Waals surface area contributed by atoms with Gasteiger partial charge < -0.3 is 10.2 Å². The molecule has 0 bridgehead atoms. The summed E-state index contributed by atoms with van der Waals surface area (Å²) in [6.45, 7) is 3.77. The number of carbonyl (C=O) groups is 2. The summed E-state index contributed by atoms with van der Waals surface area (Å²) in [5.74, 6) is -0.0210. The number of hydrogen-bond acceptors (Lipinski definition) is 5. The van der Waals surface area contributed by atoms with Crippen molar-refractivity contribution in [2.24, 2.45) is 0 Å². The molecule has 1 aliphatic heterocycles. The number of benzene rings is 1. The second-order valence-corrected chi connectivity index (χ2v) is 12.8. The predicted octanol–water partition coefficient (Wildman–Crippen LogP) is 3.27. The maximum Gasteiger partial charge on any atom is 0.253 e. The Labute approximate surface area is 214 Å². The van der Waals surface area contributed by atoms with Crippen LogP contribution in [0.4, 0.5) is 0 Å². The maximum atomic E-state index is 13.2. The molecule has 0 saturated heterocycles. The fraction of sp³-hybridized carbons (Fsp3) is 0.630. The Kier molecular flexibility index (Phi) is 7.14. The van der Waals surface area contributed by atoms with Crippen LogP contribution in [0, 0.1) is 0 Å². The smallest absolute Gasteiger partial charge is 0.253 e. The monoisotopic (exact) mass is 514 g/mol. The van der Waals surface area contributed by atoms with Crippen LogP contribution in [0.25, 0.3) is 10.9 Å². The molecule has 5 rings (SSSR count). The van der Waals surface area contributed by atoms with Crippen LogP contribution in [0.2, 0.25) is 0 Å². The lowest BCUT2D eigenvalue weighted by Gasteiger charge is -2.33. The minimum atomic E-state index is -3.47. The number of rotatable bonds is 9. The molecule has 3 aliphatic rings. The normalized spacial score (nSPS) is 18.9. The SMILES string of the molecule is CCS(=O)(=O)n1c2c(c3cc(C(=O)N(C)CCCC(=O)NC4CC4)ccc31)CN(C1CCCC1)CC2. The van der Waals surface area contributed by atoms with E-state index in [1.165, 1.54) is 25.7 Å². The summed E-state index contributed by atoms with van der Waals surface area (Å²) in [6, 6.07) is 6.33. The van der Waals surface area contributed by atoms with Crippen molar-refractivity contribution in [3.05, 3.63) is 35.0 Å². The highest BCUT2D eigenvalue weighted by molar-refractivity contribution is 7.90. The molecule has 0 spiro atoms. The lowest BCUT2D eigenvalue weighted by Crippen LogP contribution is -2.38. The minimum Gasteiger partial charge on any atom is -0.353 e. The van der Waals surface area contributed by atoms with E-state index in [9.17, 15) is 18.0 Å². The second-order valence-electron chi connectivity index (χ2n) is 10.7. The van der Waals surface area contributed by atoms with Gasteiger partial charge in [0.15, 0.2) is 0 Å². The Bertz CT molecular complexity index is 1260. The van der Waals surface area contributed by atoms with Crippen LogP contribution in [0.1, 0.15) is 79.9 Å². The van der Waals surface area contributed by atoms with Crippen molar-refractivity contribution >= 4 is 32.7 Å². The Balaban J connectivity index is 1.39. The molecule has 2 heterocycles. The molecule has 8 nitrogen and oxygen atoms in total. The Morgan fingerprint density at radius 3 is 2.58 bits per heavy atom. The zero-order valence-electron chi connectivity index (χ0n) is 21.5. The molecule has 2 fully saturated rings. The number of hydrogen-bond donors (Lipinski definition) is 1. The quantitative estimate of drug-likeness (QED) is 0.555. The number of fused-ring (bicyclic) bond motifs is 3. The van der Waals surface area contributed by atoms with Gasteiger partial charge in [-0.1, -0.05) is 12.8 Å².